The average molecular weight is 663 g/mol. The summed E-state index contributed by atoms with van der Waals surface area (Å²) >= 11 is 3.51. The lowest BCUT2D eigenvalue weighted by Gasteiger charge is -2.22. The van der Waals surface area contributed by atoms with E-state index >= 15 is 0 Å². The summed E-state index contributed by atoms with van der Waals surface area (Å²) in [6, 6.07) is 46.8. The summed E-state index contributed by atoms with van der Waals surface area (Å²) in [4.78, 5) is 0. The van der Waals surface area contributed by atoms with Gasteiger partial charge in [0.15, 0.2) is 0 Å². The summed E-state index contributed by atoms with van der Waals surface area (Å²) in [5.41, 5.74) is 16.3. The van der Waals surface area contributed by atoms with Gasteiger partial charge in [0.05, 0.1) is 0 Å². The van der Waals surface area contributed by atoms with Gasteiger partial charge in [-0.25, -0.2) is 0 Å². The third kappa shape index (κ3) is 5.15. The Bertz CT molecular complexity index is 2080. The maximum absolute atomic E-state index is 9.24. The van der Waals surface area contributed by atoms with E-state index in [1.165, 1.54) is 55.6 Å². The van der Waals surface area contributed by atoms with Gasteiger partial charge in [0.1, 0.15) is 0 Å². The monoisotopic (exact) mass is 662 g/mol. The van der Waals surface area contributed by atoms with Gasteiger partial charge in [0.25, 0.3) is 0 Å². The van der Waals surface area contributed by atoms with Crippen molar-refractivity contribution in [3.05, 3.63) is 160 Å². The Hall–Kier alpha value is -4.22. The highest BCUT2D eigenvalue weighted by Gasteiger charge is 2.36. The van der Waals surface area contributed by atoms with Crippen LogP contribution < -0.4 is 5.46 Å². The van der Waals surface area contributed by atoms with Gasteiger partial charge >= 0.3 is 7.12 Å². The molecule has 0 saturated carbocycles. The maximum atomic E-state index is 9.24. The topological polar surface area (TPSA) is 40.5 Å². The summed E-state index contributed by atoms with van der Waals surface area (Å²) in [5.74, 6) is 0. The van der Waals surface area contributed by atoms with Gasteiger partial charge < -0.3 is 10.0 Å². The number of rotatable bonds is 3. The van der Waals surface area contributed by atoms with E-state index in [-0.39, 0.29) is 10.8 Å². The molecule has 2 aliphatic rings. The van der Waals surface area contributed by atoms with E-state index in [1.54, 1.807) is 12.1 Å². The van der Waals surface area contributed by atoms with Crippen LogP contribution in [0.5, 0.6) is 0 Å². The van der Waals surface area contributed by atoms with Gasteiger partial charge in [0, 0.05) is 15.3 Å². The fourth-order valence-electron chi connectivity index (χ4n) is 7.26. The number of halogens is 1. The van der Waals surface area contributed by atoms with E-state index in [0.717, 1.165) is 15.6 Å². The standard InChI is InChI=1S/C21H19BO2.C21H17Br/c1-21(2)19-6-4-3-5-17(19)18-12-9-15(13-20(18)21)14-7-10-16(11-8-14)22(23)24;1-21(2)19-6-4-3-5-17(19)18-12-9-15(13-20(18)21)14-7-10-16(22)11-8-14/h3-13,23-24H,1-2H3;3-13H,1-2H3. The van der Waals surface area contributed by atoms with E-state index in [9.17, 15) is 10.0 Å². The molecule has 2 N–H and O–H groups in total. The van der Waals surface area contributed by atoms with E-state index in [1.807, 2.05) is 12.1 Å². The van der Waals surface area contributed by atoms with Crippen molar-refractivity contribution in [1.29, 1.82) is 0 Å². The molecule has 6 aromatic carbocycles. The van der Waals surface area contributed by atoms with Crippen molar-refractivity contribution in [3.63, 3.8) is 0 Å². The zero-order valence-corrected chi connectivity index (χ0v) is 28.1. The average Bonchev–Trinajstić information content (AvgIpc) is 3.44. The van der Waals surface area contributed by atoms with E-state index < -0.39 is 7.12 Å². The Kier molecular flexibility index (Phi) is 7.64. The first-order chi connectivity index (χ1) is 22.1. The van der Waals surface area contributed by atoms with E-state index in [2.05, 4.69) is 153 Å². The molecule has 4 heteroatoms. The van der Waals surface area contributed by atoms with Crippen LogP contribution in [0.3, 0.4) is 0 Å². The van der Waals surface area contributed by atoms with Crippen molar-refractivity contribution in [2.24, 2.45) is 0 Å². The quantitative estimate of drug-likeness (QED) is 0.185. The zero-order valence-electron chi connectivity index (χ0n) is 26.6. The Labute approximate surface area is 280 Å². The van der Waals surface area contributed by atoms with Crippen molar-refractivity contribution in [1.82, 2.24) is 0 Å². The van der Waals surface area contributed by atoms with Crippen LogP contribution in [0.2, 0.25) is 0 Å². The summed E-state index contributed by atoms with van der Waals surface area (Å²) < 4.78 is 1.12. The van der Waals surface area contributed by atoms with Crippen LogP contribution in [-0.4, -0.2) is 17.2 Å². The molecule has 6 aromatic rings. The molecule has 0 heterocycles. The van der Waals surface area contributed by atoms with Gasteiger partial charge in [-0.15, -0.1) is 0 Å². The van der Waals surface area contributed by atoms with E-state index in [0.29, 0.717) is 5.46 Å². The van der Waals surface area contributed by atoms with Crippen molar-refractivity contribution in [3.8, 4) is 44.5 Å². The first kappa shape index (κ1) is 30.4. The largest absolute Gasteiger partial charge is 0.488 e. The maximum Gasteiger partial charge on any atom is 0.488 e. The minimum atomic E-state index is -1.42. The van der Waals surface area contributed by atoms with Crippen LogP contribution in [-0.2, 0) is 10.8 Å². The fraction of sp³-hybridized carbons (Fsp3) is 0.143. The number of benzene rings is 6. The SMILES string of the molecule is CC1(C)c2ccccc2-c2ccc(-c3ccc(B(O)O)cc3)cc21.CC1(C)c2ccccc2-c2ccc(-c3ccc(Br)cc3)cc21. The number of fused-ring (bicyclic) bond motifs is 6. The molecule has 2 aliphatic carbocycles. The van der Waals surface area contributed by atoms with Crippen LogP contribution >= 0.6 is 15.9 Å². The predicted molar refractivity (Wildman–Crippen MR) is 196 cm³/mol. The Balaban J connectivity index is 0.000000147. The highest BCUT2D eigenvalue weighted by molar-refractivity contribution is 9.10. The number of hydrogen-bond donors (Lipinski definition) is 2. The second-order valence-corrected chi connectivity index (χ2v) is 14.3. The molecular formula is C42H36BBrO2. The smallest absolute Gasteiger partial charge is 0.423 e. The molecule has 226 valence electrons. The second-order valence-electron chi connectivity index (χ2n) is 13.4. The Morgan fingerprint density at radius 1 is 0.435 bits per heavy atom. The number of hydrogen-bond acceptors (Lipinski definition) is 2. The third-order valence-electron chi connectivity index (χ3n) is 9.89. The molecule has 0 unspecified atom stereocenters. The van der Waals surface area contributed by atoms with Crippen molar-refractivity contribution < 1.29 is 10.0 Å². The van der Waals surface area contributed by atoms with Gasteiger partial charge in [0.2, 0.25) is 0 Å². The van der Waals surface area contributed by atoms with Crippen LogP contribution in [0.4, 0.5) is 0 Å². The lowest BCUT2D eigenvalue weighted by Crippen LogP contribution is -2.29. The highest BCUT2D eigenvalue weighted by atomic mass is 79.9. The van der Waals surface area contributed by atoms with Crippen LogP contribution in [0, 0.1) is 0 Å². The lowest BCUT2D eigenvalue weighted by atomic mass is 9.79. The highest BCUT2D eigenvalue weighted by Crippen LogP contribution is 2.50. The first-order valence-electron chi connectivity index (χ1n) is 15.8. The van der Waals surface area contributed by atoms with Crippen molar-refractivity contribution in [2.75, 3.05) is 0 Å². The first-order valence-corrected chi connectivity index (χ1v) is 16.6. The van der Waals surface area contributed by atoms with Crippen molar-refractivity contribution >= 4 is 28.5 Å². The third-order valence-corrected chi connectivity index (χ3v) is 10.4. The Morgan fingerprint density at radius 2 is 0.804 bits per heavy atom. The minimum Gasteiger partial charge on any atom is -0.423 e. The lowest BCUT2D eigenvalue weighted by molar-refractivity contribution is 0.426. The molecular weight excluding hydrogens is 627 g/mol. The summed E-state index contributed by atoms with van der Waals surface area (Å²) in [6.07, 6.45) is 0. The van der Waals surface area contributed by atoms with Gasteiger partial charge in [-0.2, -0.15) is 0 Å². The molecule has 0 atom stereocenters. The molecule has 0 fully saturated rings. The van der Waals surface area contributed by atoms with Gasteiger partial charge in [-0.05, 0) is 96.5 Å². The summed E-state index contributed by atoms with van der Waals surface area (Å²) in [5, 5.41) is 18.5. The molecule has 0 radical (unpaired) electrons. The van der Waals surface area contributed by atoms with Gasteiger partial charge in [-0.1, -0.05) is 153 Å². The van der Waals surface area contributed by atoms with Gasteiger partial charge in [-0.3, -0.25) is 0 Å². The molecule has 2 nitrogen and oxygen atoms in total. The Morgan fingerprint density at radius 3 is 1.24 bits per heavy atom. The van der Waals surface area contributed by atoms with Crippen LogP contribution in [0.1, 0.15) is 49.9 Å². The minimum absolute atomic E-state index is 0.0107. The second kappa shape index (κ2) is 11.5. The molecule has 0 aliphatic heterocycles. The zero-order chi connectivity index (χ0) is 32.2. The molecule has 0 saturated heterocycles. The normalized spacial score (nSPS) is 14.3. The van der Waals surface area contributed by atoms with Crippen molar-refractivity contribution in [2.45, 2.75) is 38.5 Å². The molecule has 46 heavy (non-hydrogen) atoms. The fourth-order valence-corrected chi connectivity index (χ4v) is 7.52. The summed E-state index contributed by atoms with van der Waals surface area (Å²) in [6.45, 7) is 9.19. The van der Waals surface area contributed by atoms with Crippen LogP contribution in [0.25, 0.3) is 44.5 Å². The molecule has 8 rings (SSSR count). The molecule has 0 amide bonds. The molecule has 0 spiro atoms. The molecule has 0 aromatic heterocycles. The van der Waals surface area contributed by atoms with Crippen LogP contribution in [0.15, 0.2) is 138 Å². The predicted octanol–water partition coefficient (Wildman–Crippen LogP) is 9.76. The van der Waals surface area contributed by atoms with E-state index in [4.69, 9.17) is 0 Å². The molecule has 0 bridgehead atoms. The summed E-state index contributed by atoms with van der Waals surface area (Å²) in [7, 11) is -1.42.